The summed E-state index contributed by atoms with van der Waals surface area (Å²) in [6.45, 7) is 1.11. The van der Waals surface area contributed by atoms with Crippen LogP contribution < -0.4 is 14.4 Å². The largest absolute Gasteiger partial charge is 0.497 e. The van der Waals surface area contributed by atoms with E-state index < -0.39 is 20.0 Å². The first-order valence-corrected chi connectivity index (χ1v) is 13.1. The van der Waals surface area contributed by atoms with Crippen LogP contribution in [0.25, 0.3) is 0 Å². The Balaban J connectivity index is 1.42. The van der Waals surface area contributed by atoms with Crippen molar-refractivity contribution < 1.29 is 22.8 Å². The summed E-state index contributed by atoms with van der Waals surface area (Å²) in [7, 11) is -0.417. The molecule has 3 aromatic rings. The number of ether oxygens (including phenoxy) is 2. The fraction of sp³-hybridized carbons (Fsp3) is 0.348. The molecule has 1 saturated heterocycles. The normalized spacial score (nSPS) is 14.7. The van der Waals surface area contributed by atoms with Crippen LogP contribution in [0.1, 0.15) is 24.1 Å². The molecule has 0 spiro atoms. The van der Waals surface area contributed by atoms with Gasteiger partial charge in [-0.2, -0.15) is 0 Å². The molecule has 2 heterocycles. The average molecular weight is 504 g/mol. The first-order chi connectivity index (χ1) is 16.3. The van der Waals surface area contributed by atoms with Crippen LogP contribution >= 0.6 is 11.3 Å². The summed E-state index contributed by atoms with van der Waals surface area (Å²) in [5, 5.41) is 13.3. The Morgan fingerprint density at radius 1 is 1.12 bits per heavy atom. The Kier molecular flexibility index (Phi) is 7.03. The lowest BCUT2D eigenvalue weighted by molar-refractivity contribution is -0.385. The maximum Gasteiger partial charge on any atom is 0.270 e. The van der Waals surface area contributed by atoms with Crippen molar-refractivity contribution in [3.63, 3.8) is 0 Å². The lowest BCUT2D eigenvalue weighted by atomic mass is 10.1. The van der Waals surface area contributed by atoms with E-state index >= 15 is 0 Å². The number of nitro benzene ring substituents is 1. The molecule has 34 heavy (non-hydrogen) atoms. The smallest absolute Gasteiger partial charge is 0.270 e. The lowest BCUT2D eigenvalue weighted by Gasteiger charge is -2.31. The number of aromatic nitrogens is 1. The van der Waals surface area contributed by atoms with Gasteiger partial charge >= 0.3 is 0 Å². The van der Waals surface area contributed by atoms with E-state index in [4.69, 9.17) is 14.5 Å². The number of benzene rings is 2. The van der Waals surface area contributed by atoms with Gasteiger partial charge in [0, 0.05) is 43.1 Å². The predicted molar refractivity (Wildman–Crippen MR) is 130 cm³/mol. The number of nitrogens with zero attached hydrogens (tertiary/aromatic N) is 3. The molecule has 180 valence electrons. The molecule has 1 fully saturated rings. The Hall–Kier alpha value is -3.18. The summed E-state index contributed by atoms with van der Waals surface area (Å²) < 4.78 is 36.8. The minimum atomic E-state index is -3.64. The zero-order valence-electron chi connectivity index (χ0n) is 18.8. The van der Waals surface area contributed by atoms with Crippen molar-refractivity contribution in [2.45, 2.75) is 29.4 Å². The zero-order chi connectivity index (χ0) is 24.3. The van der Waals surface area contributed by atoms with E-state index in [0.29, 0.717) is 32.4 Å². The van der Waals surface area contributed by atoms with Crippen LogP contribution in [0.3, 0.4) is 0 Å². The molecule has 9 nitrogen and oxygen atoms in total. The molecule has 0 amide bonds. The minimum Gasteiger partial charge on any atom is -0.497 e. The standard InChI is InChI=1S/C23H25N3O6S2/c1-31-19-11-16(12-20(14-19)32-2)10-17-15-33-23(24-17)25-8-6-21(7-9-25)34(29,30)22-5-3-4-18(13-22)26(27)28/h3-5,11-15,21H,6-10H2,1-2H3. The second kappa shape index (κ2) is 9.98. The van der Waals surface area contributed by atoms with Crippen LogP contribution in [0.2, 0.25) is 0 Å². The van der Waals surface area contributed by atoms with Gasteiger partial charge in [0.25, 0.3) is 5.69 Å². The molecule has 0 unspecified atom stereocenters. The fourth-order valence-electron chi connectivity index (χ4n) is 4.02. The maximum atomic E-state index is 13.0. The Bertz CT molecular complexity index is 1260. The summed E-state index contributed by atoms with van der Waals surface area (Å²) in [4.78, 5) is 17.3. The van der Waals surface area contributed by atoms with E-state index in [1.807, 2.05) is 23.6 Å². The van der Waals surface area contributed by atoms with Crippen molar-refractivity contribution in [3.05, 3.63) is 69.2 Å². The van der Waals surface area contributed by atoms with E-state index in [1.165, 1.54) is 29.5 Å². The number of piperidine rings is 1. The average Bonchev–Trinajstić information content (AvgIpc) is 3.32. The Labute approximate surface area is 202 Å². The predicted octanol–water partition coefficient (Wildman–Crippen LogP) is 4.10. The number of nitro groups is 1. The van der Waals surface area contributed by atoms with Crippen molar-refractivity contribution in [1.82, 2.24) is 4.98 Å². The van der Waals surface area contributed by atoms with Crippen LogP contribution in [0.4, 0.5) is 10.8 Å². The number of sulfone groups is 1. The molecular weight excluding hydrogens is 478 g/mol. The van der Waals surface area contributed by atoms with Crippen LogP contribution in [0, 0.1) is 10.1 Å². The highest BCUT2D eigenvalue weighted by Crippen LogP contribution is 2.31. The summed E-state index contributed by atoms with van der Waals surface area (Å²) in [5.74, 6) is 1.44. The number of thiazole rings is 1. The molecule has 1 aliphatic heterocycles. The van der Waals surface area contributed by atoms with E-state index in [9.17, 15) is 18.5 Å². The number of hydrogen-bond donors (Lipinski definition) is 0. The van der Waals surface area contributed by atoms with Crippen LogP contribution in [-0.4, -0.2) is 50.9 Å². The van der Waals surface area contributed by atoms with Gasteiger partial charge in [-0.05, 0) is 36.6 Å². The molecule has 11 heteroatoms. The van der Waals surface area contributed by atoms with Gasteiger partial charge in [0.2, 0.25) is 0 Å². The number of hydrogen-bond acceptors (Lipinski definition) is 9. The van der Waals surface area contributed by atoms with Gasteiger partial charge in [0.05, 0.1) is 35.0 Å². The highest BCUT2D eigenvalue weighted by atomic mass is 32.2. The second-order valence-electron chi connectivity index (χ2n) is 8.00. The van der Waals surface area contributed by atoms with Gasteiger partial charge in [0.15, 0.2) is 15.0 Å². The van der Waals surface area contributed by atoms with Crippen LogP contribution in [0.5, 0.6) is 11.5 Å². The third kappa shape index (κ3) is 5.15. The molecule has 0 N–H and O–H groups in total. The van der Waals surface area contributed by atoms with Crippen LogP contribution in [0.15, 0.2) is 52.7 Å². The number of anilines is 1. The van der Waals surface area contributed by atoms with Crippen LogP contribution in [-0.2, 0) is 16.3 Å². The number of rotatable bonds is 8. The van der Waals surface area contributed by atoms with E-state index in [1.54, 1.807) is 14.2 Å². The van der Waals surface area contributed by atoms with E-state index in [-0.39, 0.29) is 10.6 Å². The summed E-state index contributed by atoms with van der Waals surface area (Å²) in [6, 6.07) is 11.0. The SMILES string of the molecule is COc1cc(Cc2csc(N3CCC(S(=O)(=O)c4cccc([N+](=O)[O-])c4)CC3)n2)cc(OC)c1. The molecule has 0 atom stereocenters. The van der Waals surface area contributed by atoms with Crippen molar-refractivity contribution in [3.8, 4) is 11.5 Å². The quantitative estimate of drug-likeness (QED) is 0.334. The molecule has 0 bridgehead atoms. The number of non-ortho nitro benzene ring substituents is 1. The topological polar surface area (TPSA) is 112 Å². The Morgan fingerprint density at radius 2 is 1.79 bits per heavy atom. The highest BCUT2D eigenvalue weighted by molar-refractivity contribution is 7.92. The monoisotopic (exact) mass is 503 g/mol. The highest BCUT2D eigenvalue weighted by Gasteiger charge is 2.32. The fourth-order valence-corrected chi connectivity index (χ4v) is 6.67. The first kappa shape index (κ1) is 24.0. The van der Waals surface area contributed by atoms with Gasteiger partial charge in [-0.1, -0.05) is 6.07 Å². The molecule has 2 aromatic carbocycles. The third-order valence-corrected chi connectivity index (χ3v) is 9.05. The molecule has 1 aliphatic rings. The second-order valence-corrected chi connectivity index (χ2v) is 11.1. The zero-order valence-corrected chi connectivity index (χ0v) is 20.5. The van der Waals surface area contributed by atoms with Gasteiger partial charge in [0.1, 0.15) is 11.5 Å². The van der Waals surface area contributed by atoms with E-state index in [2.05, 4.69) is 4.90 Å². The van der Waals surface area contributed by atoms with Gasteiger partial charge in [-0.3, -0.25) is 10.1 Å². The summed E-state index contributed by atoms with van der Waals surface area (Å²) in [5.41, 5.74) is 1.72. The van der Waals surface area contributed by atoms with Gasteiger partial charge < -0.3 is 14.4 Å². The summed E-state index contributed by atoms with van der Waals surface area (Å²) in [6.07, 6.45) is 1.50. The van der Waals surface area contributed by atoms with Crippen molar-refractivity contribution in [2.24, 2.45) is 0 Å². The summed E-state index contributed by atoms with van der Waals surface area (Å²) >= 11 is 1.53. The third-order valence-electron chi connectivity index (χ3n) is 5.84. The van der Waals surface area contributed by atoms with Crippen molar-refractivity contribution in [2.75, 3.05) is 32.2 Å². The lowest BCUT2D eigenvalue weighted by Crippen LogP contribution is -2.39. The van der Waals surface area contributed by atoms with Gasteiger partial charge in [-0.25, -0.2) is 13.4 Å². The van der Waals surface area contributed by atoms with Crippen molar-refractivity contribution >= 4 is 32.0 Å². The molecule has 1 aromatic heterocycles. The van der Waals surface area contributed by atoms with Gasteiger partial charge in [-0.15, -0.1) is 11.3 Å². The van der Waals surface area contributed by atoms with Crippen molar-refractivity contribution in [1.29, 1.82) is 0 Å². The van der Waals surface area contributed by atoms with E-state index in [0.717, 1.165) is 34.0 Å². The molecule has 0 saturated carbocycles. The Morgan fingerprint density at radius 3 is 2.41 bits per heavy atom. The first-order valence-electron chi connectivity index (χ1n) is 10.7. The molecular formula is C23H25N3O6S2. The molecule has 0 aliphatic carbocycles. The number of methoxy groups -OCH3 is 2. The minimum absolute atomic E-state index is 0.00500. The molecule has 0 radical (unpaired) electrons. The maximum absolute atomic E-state index is 13.0. The molecule has 4 rings (SSSR count).